The van der Waals surface area contributed by atoms with Crippen LogP contribution in [-0.4, -0.2) is 11.1 Å². The van der Waals surface area contributed by atoms with Gasteiger partial charge in [-0.05, 0) is 53.7 Å². The summed E-state index contributed by atoms with van der Waals surface area (Å²) < 4.78 is 0. The second-order valence-corrected chi connectivity index (χ2v) is 8.42. The molecule has 1 fully saturated rings. The zero-order valence-electron chi connectivity index (χ0n) is 15.8. The van der Waals surface area contributed by atoms with E-state index in [1.54, 1.807) is 6.07 Å². The Morgan fingerprint density at radius 1 is 1.33 bits per heavy atom. The van der Waals surface area contributed by atoms with Gasteiger partial charge in [0.25, 0.3) is 0 Å². The summed E-state index contributed by atoms with van der Waals surface area (Å²) >= 11 is 0. The van der Waals surface area contributed by atoms with Gasteiger partial charge in [0, 0.05) is 0 Å². The van der Waals surface area contributed by atoms with Crippen molar-refractivity contribution in [2.75, 3.05) is 0 Å². The van der Waals surface area contributed by atoms with E-state index in [4.69, 9.17) is 0 Å². The van der Waals surface area contributed by atoms with Gasteiger partial charge in [0.05, 0.1) is 5.56 Å². The molecule has 0 saturated heterocycles. The monoisotopic (exact) mass is 330 g/mol. The van der Waals surface area contributed by atoms with Gasteiger partial charge < -0.3 is 5.11 Å². The number of carboxylic acids is 1. The van der Waals surface area contributed by atoms with Gasteiger partial charge in [-0.25, -0.2) is 4.79 Å². The predicted molar refractivity (Wildman–Crippen MR) is 101 cm³/mol. The van der Waals surface area contributed by atoms with E-state index >= 15 is 0 Å². The number of hydrogen-bond donors (Lipinski definition) is 1. The summed E-state index contributed by atoms with van der Waals surface area (Å²) in [7, 11) is 0. The fourth-order valence-corrected chi connectivity index (χ4v) is 5.01. The van der Waals surface area contributed by atoms with E-state index < -0.39 is 5.97 Å². The minimum Gasteiger partial charge on any atom is -0.478 e. The lowest BCUT2D eigenvalue weighted by molar-refractivity contribution is 0.0561. The molecule has 24 heavy (non-hydrogen) atoms. The fourth-order valence-electron chi connectivity index (χ4n) is 5.01. The Bertz CT molecular complexity index is 547. The number of benzene rings is 1. The summed E-state index contributed by atoms with van der Waals surface area (Å²) in [6.07, 6.45) is 8.80. The van der Waals surface area contributed by atoms with Crippen LogP contribution in [0.3, 0.4) is 0 Å². The molecule has 1 N–H and O–H groups in total. The number of aromatic carboxylic acids is 1. The predicted octanol–water partition coefficient (Wildman–Crippen LogP) is 6.51. The van der Waals surface area contributed by atoms with E-state index in [0.717, 1.165) is 0 Å². The van der Waals surface area contributed by atoms with Crippen molar-refractivity contribution in [3.63, 3.8) is 0 Å². The van der Waals surface area contributed by atoms with Gasteiger partial charge >= 0.3 is 5.97 Å². The lowest BCUT2D eigenvalue weighted by Gasteiger charge is -2.47. The van der Waals surface area contributed by atoms with Crippen molar-refractivity contribution in [3.8, 4) is 0 Å². The average Bonchev–Trinajstić information content (AvgIpc) is 2.52. The molecule has 1 aromatic carbocycles. The average molecular weight is 331 g/mol. The molecule has 1 saturated carbocycles. The molecule has 1 unspecified atom stereocenters. The van der Waals surface area contributed by atoms with Crippen molar-refractivity contribution in [2.24, 2.45) is 17.3 Å². The molecule has 1 aliphatic carbocycles. The minimum absolute atomic E-state index is 0.327. The zero-order chi connectivity index (χ0) is 17.7. The number of hydrogen-bond acceptors (Lipinski definition) is 1. The van der Waals surface area contributed by atoms with E-state index in [1.807, 2.05) is 12.1 Å². The Hall–Kier alpha value is -1.31. The Kier molecular flexibility index (Phi) is 6.48. The number of rotatable bonds is 7. The van der Waals surface area contributed by atoms with Crippen LogP contribution in [0.1, 0.15) is 94.5 Å². The van der Waals surface area contributed by atoms with Crippen molar-refractivity contribution in [1.29, 1.82) is 0 Å². The van der Waals surface area contributed by atoms with Crippen LogP contribution in [0.2, 0.25) is 0 Å². The van der Waals surface area contributed by atoms with Crippen LogP contribution in [-0.2, 0) is 0 Å². The Morgan fingerprint density at radius 3 is 2.71 bits per heavy atom. The van der Waals surface area contributed by atoms with E-state index in [-0.39, 0.29) is 0 Å². The summed E-state index contributed by atoms with van der Waals surface area (Å²) in [5.41, 5.74) is 1.99. The van der Waals surface area contributed by atoms with Crippen LogP contribution < -0.4 is 0 Å². The zero-order valence-corrected chi connectivity index (χ0v) is 15.8. The van der Waals surface area contributed by atoms with Gasteiger partial charge in [-0.1, -0.05) is 71.9 Å². The number of unbranched alkanes of at least 4 members (excludes halogenated alkanes) is 2. The summed E-state index contributed by atoms with van der Waals surface area (Å²) in [5.74, 6) is 0.988. The van der Waals surface area contributed by atoms with Crippen molar-refractivity contribution in [1.82, 2.24) is 0 Å². The lowest BCUT2D eigenvalue weighted by Crippen LogP contribution is -2.38. The molecule has 0 bridgehead atoms. The Labute approximate surface area is 147 Å². The van der Waals surface area contributed by atoms with Gasteiger partial charge in [-0.2, -0.15) is 0 Å². The Morgan fingerprint density at radius 2 is 2.08 bits per heavy atom. The van der Waals surface area contributed by atoms with Gasteiger partial charge in [0.2, 0.25) is 0 Å². The molecule has 134 valence electrons. The van der Waals surface area contributed by atoms with E-state index in [9.17, 15) is 9.90 Å². The van der Waals surface area contributed by atoms with Crippen molar-refractivity contribution >= 4 is 5.97 Å². The number of carboxylic acid groups (broad SMARTS) is 1. The third-order valence-corrected chi connectivity index (χ3v) is 6.11. The van der Waals surface area contributed by atoms with Gasteiger partial charge in [-0.3, -0.25) is 0 Å². The summed E-state index contributed by atoms with van der Waals surface area (Å²) in [6, 6.07) is 7.72. The highest BCUT2D eigenvalue weighted by Crippen LogP contribution is 2.52. The first-order chi connectivity index (χ1) is 11.4. The highest BCUT2D eigenvalue weighted by molar-refractivity contribution is 5.87. The molecular weight excluding hydrogens is 296 g/mol. The van der Waals surface area contributed by atoms with Gasteiger partial charge in [0.1, 0.15) is 0 Å². The molecule has 1 aliphatic rings. The van der Waals surface area contributed by atoms with Crippen molar-refractivity contribution in [3.05, 3.63) is 35.4 Å². The maximum atomic E-state index is 11.4. The molecular formula is C22H34O2. The molecule has 3 atom stereocenters. The van der Waals surface area contributed by atoms with Crippen LogP contribution in [0.25, 0.3) is 0 Å². The quantitative estimate of drug-likeness (QED) is 0.578. The molecule has 1 aromatic rings. The second-order valence-electron chi connectivity index (χ2n) is 8.42. The van der Waals surface area contributed by atoms with E-state index in [1.165, 1.54) is 50.5 Å². The fraction of sp³-hybridized carbons (Fsp3) is 0.682. The molecule has 0 radical (unpaired) electrons. The molecule has 0 spiro atoms. The minimum atomic E-state index is -0.819. The first-order valence-corrected chi connectivity index (χ1v) is 9.70. The van der Waals surface area contributed by atoms with Crippen LogP contribution in [0.4, 0.5) is 0 Å². The van der Waals surface area contributed by atoms with Crippen LogP contribution in [0.15, 0.2) is 24.3 Å². The van der Waals surface area contributed by atoms with E-state index in [2.05, 4.69) is 33.8 Å². The molecule has 0 aromatic heterocycles. The lowest BCUT2D eigenvalue weighted by atomic mass is 9.57. The van der Waals surface area contributed by atoms with Crippen molar-refractivity contribution < 1.29 is 9.90 Å². The first kappa shape index (κ1) is 19.0. The van der Waals surface area contributed by atoms with Crippen LogP contribution in [0.5, 0.6) is 0 Å². The highest BCUT2D eigenvalue weighted by Gasteiger charge is 2.41. The molecule has 0 amide bonds. The van der Waals surface area contributed by atoms with Gasteiger partial charge in [0.15, 0.2) is 0 Å². The topological polar surface area (TPSA) is 37.3 Å². The second kappa shape index (κ2) is 8.18. The maximum absolute atomic E-state index is 11.4. The molecule has 2 nitrogen and oxygen atoms in total. The SMILES string of the molecule is CCCCCC(c1cccc(C(=O)O)c1)[C@H]1[C@@H](C)CCCC1(C)C. The van der Waals surface area contributed by atoms with Gasteiger partial charge in [-0.15, -0.1) is 0 Å². The molecule has 0 aliphatic heterocycles. The van der Waals surface area contributed by atoms with E-state index in [0.29, 0.717) is 28.7 Å². The summed E-state index contributed by atoms with van der Waals surface area (Å²) in [4.78, 5) is 11.4. The first-order valence-electron chi connectivity index (χ1n) is 9.70. The maximum Gasteiger partial charge on any atom is 0.335 e. The smallest absolute Gasteiger partial charge is 0.335 e. The van der Waals surface area contributed by atoms with Crippen LogP contribution in [0, 0.1) is 17.3 Å². The molecule has 2 rings (SSSR count). The third kappa shape index (κ3) is 4.40. The van der Waals surface area contributed by atoms with Crippen molar-refractivity contribution in [2.45, 2.75) is 78.6 Å². The largest absolute Gasteiger partial charge is 0.478 e. The normalized spacial score (nSPS) is 24.5. The van der Waals surface area contributed by atoms with Crippen LogP contribution >= 0.6 is 0 Å². The molecule has 2 heteroatoms. The Balaban J connectivity index is 2.36. The number of carbonyl (C=O) groups is 1. The highest BCUT2D eigenvalue weighted by atomic mass is 16.4. The summed E-state index contributed by atoms with van der Waals surface area (Å²) in [5, 5.41) is 9.37. The molecule has 0 heterocycles. The summed E-state index contributed by atoms with van der Waals surface area (Å²) in [6.45, 7) is 9.48. The third-order valence-electron chi connectivity index (χ3n) is 6.11. The standard InChI is InChI=1S/C22H34O2/c1-5-6-7-13-19(17-11-8-12-18(15-17)21(23)24)20-16(2)10-9-14-22(20,3)4/h8,11-12,15-16,19-20H,5-7,9-10,13-14H2,1-4H3,(H,23,24)/t16-,19?,20+/m0/s1.